The third-order valence-electron chi connectivity index (χ3n) is 5.01. The summed E-state index contributed by atoms with van der Waals surface area (Å²) in [7, 11) is 0. The summed E-state index contributed by atoms with van der Waals surface area (Å²) >= 11 is 1.69. The average Bonchev–Trinajstić information content (AvgIpc) is 3.18. The SMILES string of the molecule is CCC(C)NC(=O)CCCCSc1nnc(-c2ccccc2)n1-c1ccc(C)cc1. The lowest BCUT2D eigenvalue weighted by Gasteiger charge is -2.11. The van der Waals surface area contributed by atoms with Crippen LogP contribution in [0.25, 0.3) is 17.1 Å². The molecule has 30 heavy (non-hydrogen) atoms. The first-order valence-corrected chi connectivity index (χ1v) is 11.6. The van der Waals surface area contributed by atoms with Gasteiger partial charge >= 0.3 is 0 Å². The predicted octanol–water partition coefficient (Wildman–Crippen LogP) is 5.42. The standard InChI is InChI=1S/C24H30N4OS/c1-4-19(3)25-22(29)12-8-9-17-30-24-27-26-23(20-10-6-5-7-11-20)28(24)21-15-13-18(2)14-16-21/h5-7,10-11,13-16,19H,4,8-9,12,17H2,1-3H3,(H,25,29). The highest BCUT2D eigenvalue weighted by Crippen LogP contribution is 2.28. The van der Waals surface area contributed by atoms with Crippen molar-refractivity contribution < 1.29 is 4.79 Å². The smallest absolute Gasteiger partial charge is 0.220 e. The summed E-state index contributed by atoms with van der Waals surface area (Å²) in [6, 6.07) is 18.8. The summed E-state index contributed by atoms with van der Waals surface area (Å²) in [5, 5.41) is 12.9. The highest BCUT2D eigenvalue weighted by molar-refractivity contribution is 7.99. The highest BCUT2D eigenvalue weighted by Gasteiger charge is 2.16. The van der Waals surface area contributed by atoms with E-state index in [9.17, 15) is 4.79 Å². The second-order valence-corrected chi connectivity index (χ2v) is 8.59. The fraction of sp³-hybridized carbons (Fsp3) is 0.375. The van der Waals surface area contributed by atoms with Gasteiger partial charge in [0.2, 0.25) is 5.91 Å². The number of benzene rings is 2. The van der Waals surface area contributed by atoms with Gasteiger partial charge in [0.05, 0.1) is 0 Å². The summed E-state index contributed by atoms with van der Waals surface area (Å²) in [4.78, 5) is 11.9. The van der Waals surface area contributed by atoms with E-state index in [0.29, 0.717) is 6.42 Å². The summed E-state index contributed by atoms with van der Waals surface area (Å²) < 4.78 is 2.12. The molecule has 0 fully saturated rings. The maximum Gasteiger partial charge on any atom is 0.220 e. The molecule has 1 atom stereocenters. The van der Waals surface area contributed by atoms with E-state index in [1.807, 2.05) is 25.1 Å². The van der Waals surface area contributed by atoms with Gasteiger partial charge in [0.15, 0.2) is 11.0 Å². The Balaban J connectivity index is 1.67. The molecule has 1 amide bonds. The van der Waals surface area contributed by atoms with Gasteiger partial charge in [0, 0.05) is 29.5 Å². The van der Waals surface area contributed by atoms with Crippen LogP contribution < -0.4 is 5.32 Å². The van der Waals surface area contributed by atoms with Crippen LogP contribution in [0.4, 0.5) is 0 Å². The lowest BCUT2D eigenvalue weighted by Crippen LogP contribution is -2.31. The normalized spacial score (nSPS) is 12.0. The Kier molecular flexibility index (Phi) is 8.08. The van der Waals surface area contributed by atoms with E-state index in [4.69, 9.17) is 0 Å². The van der Waals surface area contributed by atoms with Gasteiger partial charge < -0.3 is 5.32 Å². The van der Waals surface area contributed by atoms with Crippen LogP contribution in [-0.4, -0.2) is 32.5 Å². The predicted molar refractivity (Wildman–Crippen MR) is 124 cm³/mol. The van der Waals surface area contributed by atoms with Crippen LogP contribution in [0.1, 0.15) is 45.1 Å². The Morgan fingerprint density at radius 1 is 1.07 bits per heavy atom. The van der Waals surface area contributed by atoms with E-state index < -0.39 is 0 Å². The molecule has 0 bridgehead atoms. The van der Waals surface area contributed by atoms with Gasteiger partial charge in [-0.15, -0.1) is 10.2 Å². The van der Waals surface area contributed by atoms with Crippen LogP contribution in [0.15, 0.2) is 59.8 Å². The summed E-state index contributed by atoms with van der Waals surface area (Å²) in [6.45, 7) is 6.20. The van der Waals surface area contributed by atoms with Gasteiger partial charge in [-0.3, -0.25) is 9.36 Å². The molecular weight excluding hydrogens is 392 g/mol. The van der Waals surface area contributed by atoms with Crippen molar-refractivity contribution in [1.29, 1.82) is 0 Å². The first-order chi connectivity index (χ1) is 14.6. The fourth-order valence-electron chi connectivity index (χ4n) is 3.06. The monoisotopic (exact) mass is 422 g/mol. The van der Waals surface area contributed by atoms with Crippen molar-refractivity contribution in [1.82, 2.24) is 20.1 Å². The van der Waals surface area contributed by atoms with E-state index in [1.54, 1.807) is 11.8 Å². The number of rotatable bonds is 10. The number of hydrogen-bond donors (Lipinski definition) is 1. The number of thioether (sulfide) groups is 1. The van der Waals surface area contributed by atoms with Crippen LogP contribution in [0.5, 0.6) is 0 Å². The van der Waals surface area contributed by atoms with Crippen LogP contribution in [-0.2, 0) is 4.79 Å². The van der Waals surface area contributed by atoms with Crippen LogP contribution in [0, 0.1) is 6.92 Å². The number of carbonyl (C=O) groups excluding carboxylic acids is 1. The second-order valence-electron chi connectivity index (χ2n) is 7.53. The van der Waals surface area contributed by atoms with Crippen LogP contribution in [0.3, 0.4) is 0 Å². The molecule has 0 aliphatic carbocycles. The van der Waals surface area contributed by atoms with E-state index in [2.05, 4.69) is 70.3 Å². The van der Waals surface area contributed by atoms with Gasteiger partial charge in [-0.1, -0.05) is 66.7 Å². The quantitative estimate of drug-likeness (QED) is 0.350. The topological polar surface area (TPSA) is 59.8 Å². The minimum atomic E-state index is 0.142. The van der Waals surface area contributed by atoms with Crippen LogP contribution in [0.2, 0.25) is 0 Å². The van der Waals surface area contributed by atoms with Gasteiger partial charge in [0.25, 0.3) is 0 Å². The van der Waals surface area contributed by atoms with Crippen molar-refractivity contribution in [3.05, 3.63) is 60.2 Å². The Hall–Kier alpha value is -2.60. The Morgan fingerprint density at radius 2 is 1.80 bits per heavy atom. The average molecular weight is 423 g/mol. The third kappa shape index (κ3) is 5.95. The molecule has 5 nitrogen and oxygen atoms in total. The van der Waals surface area contributed by atoms with Gasteiger partial charge in [-0.05, 0) is 45.2 Å². The Labute approximate surface area is 183 Å². The molecular formula is C24H30N4OS. The molecule has 0 aliphatic heterocycles. The Bertz CT molecular complexity index is 938. The summed E-state index contributed by atoms with van der Waals surface area (Å²) in [6.07, 6.45) is 3.37. The molecule has 2 aromatic carbocycles. The molecule has 1 N–H and O–H groups in total. The molecule has 1 aromatic heterocycles. The number of unbranched alkanes of at least 4 members (excludes halogenated alkanes) is 1. The third-order valence-corrected chi connectivity index (χ3v) is 6.02. The summed E-state index contributed by atoms with van der Waals surface area (Å²) in [5.41, 5.74) is 3.32. The molecule has 0 saturated heterocycles. The van der Waals surface area contributed by atoms with Crippen LogP contribution >= 0.6 is 11.8 Å². The van der Waals surface area contributed by atoms with E-state index in [-0.39, 0.29) is 11.9 Å². The van der Waals surface area contributed by atoms with Gasteiger partial charge in [-0.25, -0.2) is 0 Å². The lowest BCUT2D eigenvalue weighted by atomic mass is 10.2. The lowest BCUT2D eigenvalue weighted by molar-refractivity contribution is -0.121. The van der Waals surface area contributed by atoms with E-state index >= 15 is 0 Å². The molecule has 158 valence electrons. The minimum absolute atomic E-state index is 0.142. The zero-order valence-corrected chi connectivity index (χ0v) is 18.8. The zero-order chi connectivity index (χ0) is 21.3. The Morgan fingerprint density at radius 3 is 2.50 bits per heavy atom. The van der Waals surface area contributed by atoms with Crippen molar-refractivity contribution in [2.75, 3.05) is 5.75 Å². The molecule has 3 rings (SSSR count). The maximum atomic E-state index is 11.9. The summed E-state index contributed by atoms with van der Waals surface area (Å²) in [5.74, 6) is 1.88. The highest BCUT2D eigenvalue weighted by atomic mass is 32.2. The molecule has 3 aromatic rings. The molecule has 0 radical (unpaired) electrons. The minimum Gasteiger partial charge on any atom is -0.354 e. The van der Waals surface area contributed by atoms with E-state index in [1.165, 1.54) is 5.56 Å². The largest absolute Gasteiger partial charge is 0.354 e. The first-order valence-electron chi connectivity index (χ1n) is 10.6. The second kappa shape index (κ2) is 11.0. The fourth-order valence-corrected chi connectivity index (χ4v) is 4.01. The number of aryl methyl sites for hydroxylation is 1. The maximum absolute atomic E-state index is 11.9. The van der Waals surface area contributed by atoms with Gasteiger partial charge in [0.1, 0.15) is 0 Å². The van der Waals surface area contributed by atoms with Crippen molar-refractivity contribution in [2.45, 2.75) is 57.7 Å². The molecule has 1 unspecified atom stereocenters. The molecule has 0 saturated carbocycles. The first kappa shape index (κ1) is 22.1. The van der Waals surface area contributed by atoms with Gasteiger partial charge in [-0.2, -0.15) is 0 Å². The van der Waals surface area contributed by atoms with E-state index in [0.717, 1.165) is 47.2 Å². The van der Waals surface area contributed by atoms with Crippen molar-refractivity contribution in [3.8, 4) is 17.1 Å². The zero-order valence-electron chi connectivity index (χ0n) is 18.0. The molecule has 0 spiro atoms. The number of amides is 1. The number of aromatic nitrogens is 3. The molecule has 6 heteroatoms. The number of nitrogens with zero attached hydrogens (tertiary/aromatic N) is 3. The number of carbonyl (C=O) groups is 1. The van der Waals surface area contributed by atoms with Crippen molar-refractivity contribution >= 4 is 17.7 Å². The molecule has 1 heterocycles. The molecule has 0 aliphatic rings. The number of hydrogen-bond acceptors (Lipinski definition) is 4. The van der Waals surface area contributed by atoms with Crippen molar-refractivity contribution in [3.63, 3.8) is 0 Å². The number of nitrogens with one attached hydrogen (secondary N) is 1. The van der Waals surface area contributed by atoms with Crippen molar-refractivity contribution in [2.24, 2.45) is 0 Å².